The number of nitrogens with one attached hydrogen (secondary N) is 2. The molecule has 9 heteroatoms. The zero-order chi connectivity index (χ0) is 20.1. The summed E-state index contributed by atoms with van der Waals surface area (Å²) < 4.78 is 11.3. The van der Waals surface area contributed by atoms with Crippen molar-refractivity contribution in [1.29, 1.82) is 0 Å². The first-order valence-electron chi connectivity index (χ1n) is 8.43. The van der Waals surface area contributed by atoms with Crippen LogP contribution in [0.2, 0.25) is 5.02 Å². The van der Waals surface area contributed by atoms with Crippen LogP contribution in [0, 0.1) is 0 Å². The van der Waals surface area contributed by atoms with E-state index >= 15 is 0 Å². The average Bonchev–Trinajstić information content (AvgIpc) is 3.31. The molecule has 0 fully saturated rings. The van der Waals surface area contributed by atoms with E-state index in [0.29, 0.717) is 39.7 Å². The van der Waals surface area contributed by atoms with Gasteiger partial charge in [-0.25, -0.2) is 4.98 Å². The van der Waals surface area contributed by atoms with Crippen LogP contribution in [0.25, 0.3) is 11.5 Å². The smallest absolute Gasteiger partial charge is 0.266 e. The van der Waals surface area contributed by atoms with Crippen molar-refractivity contribution in [3.63, 3.8) is 0 Å². The Morgan fingerprint density at radius 1 is 1.25 bits per heavy atom. The SMILES string of the molecule is CC(=O)NCc1ccc(-c2csc(NC(=O)C(C)Oc3ccc(Cl)cc3)n2)o1. The first-order chi connectivity index (χ1) is 13.4. The molecular weight excluding hydrogens is 402 g/mol. The van der Waals surface area contributed by atoms with Gasteiger partial charge in [0.25, 0.3) is 5.91 Å². The molecule has 0 aliphatic rings. The molecule has 0 saturated carbocycles. The molecule has 146 valence electrons. The monoisotopic (exact) mass is 419 g/mol. The second-order valence-corrected chi connectivity index (χ2v) is 7.21. The first-order valence-corrected chi connectivity index (χ1v) is 9.68. The molecular formula is C19H18ClN3O4S. The third-order valence-electron chi connectivity index (χ3n) is 3.66. The fourth-order valence-corrected chi connectivity index (χ4v) is 3.07. The molecule has 1 aromatic carbocycles. The van der Waals surface area contributed by atoms with Gasteiger partial charge in [0, 0.05) is 17.3 Å². The van der Waals surface area contributed by atoms with Crippen LogP contribution in [0.15, 0.2) is 46.2 Å². The minimum absolute atomic E-state index is 0.133. The molecule has 7 nitrogen and oxygen atoms in total. The molecule has 1 atom stereocenters. The maximum atomic E-state index is 12.3. The lowest BCUT2D eigenvalue weighted by Crippen LogP contribution is -2.30. The number of amides is 2. The molecule has 2 aromatic heterocycles. The van der Waals surface area contributed by atoms with Crippen molar-refractivity contribution in [2.45, 2.75) is 26.5 Å². The molecule has 2 N–H and O–H groups in total. The Bertz CT molecular complexity index is 968. The van der Waals surface area contributed by atoms with Gasteiger partial charge in [0.05, 0.1) is 6.54 Å². The fourth-order valence-electron chi connectivity index (χ4n) is 2.24. The molecule has 3 aromatic rings. The van der Waals surface area contributed by atoms with E-state index in [1.807, 2.05) is 0 Å². The average molecular weight is 420 g/mol. The quantitative estimate of drug-likeness (QED) is 0.601. The molecule has 2 heterocycles. The molecule has 0 spiro atoms. The Kier molecular flexibility index (Phi) is 6.33. The normalized spacial score (nSPS) is 11.7. The van der Waals surface area contributed by atoms with Crippen molar-refractivity contribution in [2.75, 3.05) is 5.32 Å². The minimum atomic E-state index is -0.707. The summed E-state index contributed by atoms with van der Waals surface area (Å²) in [6, 6.07) is 10.3. The summed E-state index contributed by atoms with van der Waals surface area (Å²) in [5.74, 6) is 1.28. The van der Waals surface area contributed by atoms with Gasteiger partial charge >= 0.3 is 0 Å². The fraction of sp³-hybridized carbons (Fsp3) is 0.211. The number of hydrogen-bond donors (Lipinski definition) is 2. The zero-order valence-electron chi connectivity index (χ0n) is 15.2. The van der Waals surface area contributed by atoms with E-state index in [2.05, 4.69) is 15.6 Å². The third kappa shape index (κ3) is 5.34. The number of hydrogen-bond acceptors (Lipinski definition) is 6. The van der Waals surface area contributed by atoms with Crippen LogP contribution in [0.5, 0.6) is 5.75 Å². The maximum Gasteiger partial charge on any atom is 0.266 e. The predicted octanol–water partition coefficient (Wildman–Crippen LogP) is 4.10. The Hall–Kier alpha value is -2.84. The van der Waals surface area contributed by atoms with Crippen LogP contribution in [0.1, 0.15) is 19.6 Å². The van der Waals surface area contributed by atoms with Crippen molar-refractivity contribution in [1.82, 2.24) is 10.3 Å². The van der Waals surface area contributed by atoms with Crippen molar-refractivity contribution in [2.24, 2.45) is 0 Å². The molecule has 0 aliphatic heterocycles. The number of ether oxygens (including phenoxy) is 1. The summed E-state index contributed by atoms with van der Waals surface area (Å²) in [7, 11) is 0. The maximum absolute atomic E-state index is 12.3. The van der Waals surface area contributed by atoms with Crippen LogP contribution >= 0.6 is 22.9 Å². The molecule has 0 saturated heterocycles. The number of halogens is 1. The summed E-state index contributed by atoms with van der Waals surface area (Å²) in [6.07, 6.45) is -0.707. The largest absolute Gasteiger partial charge is 0.481 e. The second-order valence-electron chi connectivity index (χ2n) is 5.92. The van der Waals surface area contributed by atoms with E-state index in [0.717, 1.165) is 0 Å². The predicted molar refractivity (Wildman–Crippen MR) is 108 cm³/mol. The number of aromatic nitrogens is 1. The molecule has 0 aliphatic carbocycles. The molecule has 28 heavy (non-hydrogen) atoms. The molecule has 1 unspecified atom stereocenters. The van der Waals surface area contributed by atoms with E-state index in [9.17, 15) is 9.59 Å². The number of carbonyl (C=O) groups is 2. The van der Waals surface area contributed by atoms with Crippen LogP contribution in [0.3, 0.4) is 0 Å². The number of carbonyl (C=O) groups excluding carboxylic acids is 2. The van der Waals surface area contributed by atoms with Gasteiger partial charge in [-0.15, -0.1) is 11.3 Å². The second kappa shape index (κ2) is 8.90. The minimum Gasteiger partial charge on any atom is -0.481 e. The Morgan fingerprint density at radius 3 is 2.71 bits per heavy atom. The summed E-state index contributed by atoms with van der Waals surface area (Å²) in [6.45, 7) is 3.40. The molecule has 3 rings (SSSR count). The van der Waals surface area contributed by atoms with Gasteiger partial charge in [-0.1, -0.05) is 11.6 Å². The highest BCUT2D eigenvalue weighted by Crippen LogP contribution is 2.27. The highest BCUT2D eigenvalue weighted by atomic mass is 35.5. The lowest BCUT2D eigenvalue weighted by atomic mass is 10.3. The van der Waals surface area contributed by atoms with Gasteiger partial charge in [-0.2, -0.15) is 0 Å². The highest BCUT2D eigenvalue weighted by Gasteiger charge is 2.17. The van der Waals surface area contributed by atoms with Crippen LogP contribution < -0.4 is 15.4 Å². The van der Waals surface area contributed by atoms with E-state index in [4.69, 9.17) is 20.8 Å². The Morgan fingerprint density at radius 2 is 2.00 bits per heavy atom. The van der Waals surface area contributed by atoms with Gasteiger partial charge in [0.1, 0.15) is 17.2 Å². The van der Waals surface area contributed by atoms with Crippen molar-refractivity contribution in [3.05, 3.63) is 52.6 Å². The van der Waals surface area contributed by atoms with E-state index in [1.54, 1.807) is 48.7 Å². The van der Waals surface area contributed by atoms with E-state index in [-0.39, 0.29) is 11.8 Å². The van der Waals surface area contributed by atoms with Crippen LogP contribution in [-0.2, 0) is 16.1 Å². The van der Waals surface area contributed by atoms with Crippen molar-refractivity contribution >= 4 is 39.9 Å². The number of thiazole rings is 1. The molecule has 0 bridgehead atoms. The molecule has 0 radical (unpaired) electrons. The van der Waals surface area contributed by atoms with Gasteiger partial charge < -0.3 is 14.5 Å². The lowest BCUT2D eigenvalue weighted by molar-refractivity contribution is -0.122. The van der Waals surface area contributed by atoms with Crippen molar-refractivity contribution in [3.8, 4) is 17.2 Å². The highest BCUT2D eigenvalue weighted by molar-refractivity contribution is 7.14. The number of rotatable bonds is 7. The summed E-state index contributed by atoms with van der Waals surface area (Å²) in [5.41, 5.74) is 0.598. The lowest BCUT2D eigenvalue weighted by Gasteiger charge is -2.13. The topological polar surface area (TPSA) is 93.5 Å². The van der Waals surface area contributed by atoms with Crippen molar-refractivity contribution < 1.29 is 18.7 Å². The van der Waals surface area contributed by atoms with Crippen LogP contribution in [-0.4, -0.2) is 22.9 Å². The number of anilines is 1. The number of nitrogens with zero attached hydrogens (tertiary/aromatic N) is 1. The zero-order valence-corrected chi connectivity index (χ0v) is 16.8. The van der Waals surface area contributed by atoms with Gasteiger partial charge in [0.15, 0.2) is 17.0 Å². The Balaban J connectivity index is 1.58. The first kappa shape index (κ1) is 19.9. The van der Waals surface area contributed by atoms with Gasteiger partial charge in [0.2, 0.25) is 5.91 Å². The van der Waals surface area contributed by atoms with Crippen LogP contribution in [0.4, 0.5) is 5.13 Å². The molecule has 2 amide bonds. The number of benzene rings is 1. The standard InChI is InChI=1S/C19H18ClN3O4S/c1-11(26-14-5-3-13(20)4-6-14)18(25)23-19-22-16(10-28-19)17-8-7-15(27-17)9-21-12(2)24/h3-8,10-11H,9H2,1-2H3,(H,21,24)(H,22,23,25). The Labute approximate surface area is 170 Å². The summed E-state index contributed by atoms with van der Waals surface area (Å²) in [5, 5.41) is 8.20. The summed E-state index contributed by atoms with van der Waals surface area (Å²) >= 11 is 7.12. The van der Waals surface area contributed by atoms with Gasteiger partial charge in [-0.3, -0.25) is 14.9 Å². The van der Waals surface area contributed by atoms with Gasteiger partial charge in [-0.05, 0) is 43.3 Å². The third-order valence-corrected chi connectivity index (χ3v) is 4.67. The van der Waals surface area contributed by atoms with E-state index in [1.165, 1.54) is 18.3 Å². The number of furan rings is 1. The van der Waals surface area contributed by atoms with E-state index < -0.39 is 6.10 Å². The summed E-state index contributed by atoms with van der Waals surface area (Å²) in [4.78, 5) is 27.7.